The van der Waals surface area contributed by atoms with Gasteiger partial charge >= 0.3 is 0 Å². The molecule has 0 atom stereocenters. The maximum Gasteiger partial charge on any atom is 0.160 e. The third kappa shape index (κ3) is 5.37. The second-order valence-corrected chi connectivity index (χ2v) is 13.9. The zero-order valence-corrected chi connectivity index (χ0v) is 30.1. The molecule has 4 heterocycles. The van der Waals surface area contributed by atoms with Gasteiger partial charge in [-0.3, -0.25) is 4.98 Å². The second kappa shape index (κ2) is 13.0. The molecule has 0 fully saturated rings. The molecule has 0 aliphatic rings. The van der Waals surface area contributed by atoms with Crippen LogP contribution in [0.15, 0.2) is 197 Å². The van der Waals surface area contributed by atoms with Crippen LogP contribution in [0.25, 0.3) is 111 Å². The number of benzene rings is 7. The summed E-state index contributed by atoms with van der Waals surface area (Å²) in [5.74, 6) is 0.666. The molecule has 0 N–H and O–H groups in total. The zero-order valence-electron chi connectivity index (χ0n) is 30.1. The van der Waals surface area contributed by atoms with Crippen LogP contribution in [0.2, 0.25) is 0 Å². The Hall–Kier alpha value is -7.63. The van der Waals surface area contributed by atoms with Crippen molar-refractivity contribution >= 4 is 43.9 Å². The van der Waals surface area contributed by atoms with E-state index in [-0.39, 0.29) is 0 Å². The summed E-state index contributed by atoms with van der Waals surface area (Å²) in [6.45, 7) is 0. The van der Waals surface area contributed by atoms with Crippen LogP contribution in [-0.2, 0) is 0 Å². The third-order valence-corrected chi connectivity index (χ3v) is 10.6. The molecule has 0 amide bonds. The third-order valence-electron chi connectivity index (χ3n) is 10.6. The minimum absolute atomic E-state index is 0.666. The van der Waals surface area contributed by atoms with E-state index in [4.69, 9.17) is 18.8 Å². The molecular weight excluding hydrogens is 687 g/mol. The van der Waals surface area contributed by atoms with Crippen LogP contribution in [-0.4, -0.2) is 15.0 Å². The van der Waals surface area contributed by atoms with E-state index in [0.29, 0.717) is 5.82 Å². The van der Waals surface area contributed by atoms with Crippen LogP contribution in [0, 0.1) is 0 Å². The molecule has 0 saturated heterocycles. The quantitative estimate of drug-likeness (QED) is 0.171. The Morgan fingerprint density at radius 1 is 0.339 bits per heavy atom. The summed E-state index contributed by atoms with van der Waals surface area (Å²) >= 11 is 0. The first-order valence-corrected chi connectivity index (χ1v) is 18.7. The summed E-state index contributed by atoms with van der Waals surface area (Å²) in [5.41, 5.74) is 14.3. The van der Waals surface area contributed by atoms with Gasteiger partial charge in [0.05, 0.1) is 17.1 Å². The van der Waals surface area contributed by atoms with Crippen molar-refractivity contribution in [3.8, 4) is 67.4 Å². The number of aromatic nitrogens is 3. The highest BCUT2D eigenvalue weighted by Gasteiger charge is 2.20. The molecular formula is C51H31N3O2. The molecule has 0 saturated carbocycles. The molecule has 0 aliphatic carbocycles. The lowest BCUT2D eigenvalue weighted by molar-refractivity contribution is 0.665. The molecule has 7 aromatic carbocycles. The van der Waals surface area contributed by atoms with Gasteiger partial charge in [0, 0.05) is 61.1 Å². The van der Waals surface area contributed by atoms with Crippen LogP contribution in [0.1, 0.15) is 0 Å². The van der Waals surface area contributed by atoms with Gasteiger partial charge in [-0.05, 0) is 47.5 Å². The predicted octanol–water partition coefficient (Wildman–Crippen LogP) is 13.7. The van der Waals surface area contributed by atoms with E-state index in [9.17, 15) is 0 Å². The monoisotopic (exact) mass is 717 g/mol. The Kier molecular flexibility index (Phi) is 7.42. The van der Waals surface area contributed by atoms with Crippen molar-refractivity contribution in [2.45, 2.75) is 0 Å². The van der Waals surface area contributed by atoms with E-state index in [1.165, 1.54) is 0 Å². The molecule has 4 aromatic heterocycles. The Labute approximate surface area is 322 Å². The Morgan fingerprint density at radius 3 is 1.64 bits per heavy atom. The normalized spacial score (nSPS) is 11.6. The second-order valence-electron chi connectivity index (χ2n) is 13.9. The van der Waals surface area contributed by atoms with E-state index < -0.39 is 0 Å². The molecule has 0 radical (unpaired) electrons. The maximum absolute atomic E-state index is 6.70. The first-order chi connectivity index (χ1) is 27.7. The van der Waals surface area contributed by atoms with Crippen molar-refractivity contribution in [2.75, 3.05) is 0 Å². The van der Waals surface area contributed by atoms with Crippen molar-refractivity contribution < 1.29 is 8.83 Å². The van der Waals surface area contributed by atoms with E-state index in [2.05, 4.69) is 126 Å². The highest BCUT2D eigenvalue weighted by atomic mass is 16.3. The standard InChI is InChI=1S/C51H31N3O2/c1-2-11-33(12-3-1)44-31-45(54-51(53-44)36-26-24-34(25-27-36)43-17-8-9-30-52-43)35-22-20-32(21-23-35)37-28-29-41(50-48(37)42-14-5-7-19-47(42)56-50)40-16-10-15-39-38-13-4-6-18-46(38)55-49(39)40/h1-31H. The van der Waals surface area contributed by atoms with E-state index in [1.54, 1.807) is 0 Å². The van der Waals surface area contributed by atoms with Crippen molar-refractivity contribution in [1.82, 2.24) is 15.0 Å². The van der Waals surface area contributed by atoms with Gasteiger partial charge in [0.25, 0.3) is 0 Å². The fourth-order valence-electron chi connectivity index (χ4n) is 7.87. The molecule has 5 heteroatoms. The van der Waals surface area contributed by atoms with Crippen molar-refractivity contribution in [1.29, 1.82) is 0 Å². The van der Waals surface area contributed by atoms with E-state index in [0.717, 1.165) is 105 Å². The summed E-state index contributed by atoms with van der Waals surface area (Å²) in [7, 11) is 0. The maximum atomic E-state index is 6.70. The predicted molar refractivity (Wildman–Crippen MR) is 227 cm³/mol. The number of fused-ring (bicyclic) bond motifs is 6. The SMILES string of the molecule is c1ccc(-c2cc(-c3ccc(-c4ccc(-c5cccc6c5oc5ccccc56)c5oc6ccccc6c45)cc3)nc(-c3ccc(-c4ccccn4)cc3)n2)cc1. The summed E-state index contributed by atoms with van der Waals surface area (Å²) in [6, 6.07) is 62.4. The van der Waals surface area contributed by atoms with Gasteiger partial charge in [-0.25, -0.2) is 9.97 Å². The number of furan rings is 2. The molecule has 0 spiro atoms. The molecule has 5 nitrogen and oxygen atoms in total. The van der Waals surface area contributed by atoms with Crippen LogP contribution in [0.5, 0.6) is 0 Å². The molecule has 0 unspecified atom stereocenters. The van der Waals surface area contributed by atoms with Gasteiger partial charge in [0.15, 0.2) is 5.82 Å². The minimum atomic E-state index is 0.666. The first kappa shape index (κ1) is 31.9. The largest absolute Gasteiger partial charge is 0.455 e. The van der Waals surface area contributed by atoms with Gasteiger partial charge < -0.3 is 8.83 Å². The van der Waals surface area contributed by atoms with Crippen LogP contribution in [0.4, 0.5) is 0 Å². The molecule has 11 rings (SSSR count). The van der Waals surface area contributed by atoms with E-state index >= 15 is 0 Å². The number of pyridine rings is 1. The van der Waals surface area contributed by atoms with Crippen molar-refractivity contribution in [3.05, 3.63) is 188 Å². The van der Waals surface area contributed by atoms with Gasteiger partial charge in [0.1, 0.15) is 22.3 Å². The molecule has 0 aliphatic heterocycles. The first-order valence-electron chi connectivity index (χ1n) is 18.7. The highest BCUT2D eigenvalue weighted by molar-refractivity contribution is 6.18. The molecule has 262 valence electrons. The average Bonchev–Trinajstić information content (AvgIpc) is 3.86. The van der Waals surface area contributed by atoms with Gasteiger partial charge in [-0.1, -0.05) is 146 Å². The van der Waals surface area contributed by atoms with Gasteiger partial charge in [0.2, 0.25) is 0 Å². The Bertz CT molecular complexity index is 3220. The summed E-state index contributed by atoms with van der Waals surface area (Å²) < 4.78 is 13.2. The van der Waals surface area contributed by atoms with Crippen LogP contribution < -0.4 is 0 Å². The summed E-state index contributed by atoms with van der Waals surface area (Å²) in [4.78, 5) is 14.7. The number of hydrogen-bond acceptors (Lipinski definition) is 5. The lowest BCUT2D eigenvalue weighted by atomic mass is 9.93. The fraction of sp³-hybridized carbons (Fsp3) is 0. The summed E-state index contributed by atoms with van der Waals surface area (Å²) in [5, 5.41) is 4.34. The number of hydrogen-bond donors (Lipinski definition) is 0. The number of rotatable bonds is 6. The lowest BCUT2D eigenvalue weighted by Gasteiger charge is -2.11. The smallest absolute Gasteiger partial charge is 0.160 e. The number of para-hydroxylation sites is 3. The van der Waals surface area contributed by atoms with Crippen LogP contribution >= 0.6 is 0 Å². The lowest BCUT2D eigenvalue weighted by Crippen LogP contribution is -1.96. The Balaban J connectivity index is 1.02. The van der Waals surface area contributed by atoms with Crippen molar-refractivity contribution in [3.63, 3.8) is 0 Å². The number of nitrogens with zero attached hydrogens (tertiary/aromatic N) is 3. The zero-order chi connectivity index (χ0) is 37.0. The fourth-order valence-corrected chi connectivity index (χ4v) is 7.87. The summed E-state index contributed by atoms with van der Waals surface area (Å²) in [6.07, 6.45) is 1.81. The van der Waals surface area contributed by atoms with Gasteiger partial charge in [-0.2, -0.15) is 0 Å². The minimum Gasteiger partial charge on any atom is -0.455 e. The highest BCUT2D eigenvalue weighted by Crippen LogP contribution is 2.44. The molecule has 56 heavy (non-hydrogen) atoms. The van der Waals surface area contributed by atoms with Crippen LogP contribution in [0.3, 0.4) is 0 Å². The Morgan fingerprint density at radius 2 is 0.893 bits per heavy atom. The molecule has 0 bridgehead atoms. The van der Waals surface area contributed by atoms with Gasteiger partial charge in [-0.15, -0.1) is 0 Å². The molecule has 11 aromatic rings. The van der Waals surface area contributed by atoms with E-state index in [1.807, 2.05) is 66.9 Å². The van der Waals surface area contributed by atoms with Crippen molar-refractivity contribution in [2.24, 2.45) is 0 Å². The average molecular weight is 718 g/mol. The topological polar surface area (TPSA) is 65.0 Å².